The minimum absolute atomic E-state index is 0.240. The Morgan fingerprint density at radius 1 is 0.688 bits per heavy atom. The molecule has 0 heterocycles. The van der Waals surface area contributed by atoms with Crippen LogP contribution in [0.1, 0.15) is 38.8 Å². The maximum absolute atomic E-state index is 5.44. The Kier molecular flexibility index (Phi) is 3.76. The van der Waals surface area contributed by atoms with E-state index < -0.39 is 0 Å². The van der Waals surface area contributed by atoms with Crippen LogP contribution in [0.15, 0.2) is 24.3 Å². The summed E-state index contributed by atoms with van der Waals surface area (Å²) in [6.45, 7) is 8.24. The van der Waals surface area contributed by atoms with Gasteiger partial charge in [0.2, 0.25) is 0 Å². The summed E-state index contributed by atoms with van der Waals surface area (Å²) in [5, 5.41) is 0. The Morgan fingerprint density at radius 2 is 0.938 bits per heavy atom. The van der Waals surface area contributed by atoms with Crippen LogP contribution in [0.25, 0.3) is 0 Å². The van der Waals surface area contributed by atoms with E-state index in [0.29, 0.717) is 0 Å². The molecule has 2 nitrogen and oxygen atoms in total. The molecule has 0 saturated carbocycles. The Bertz CT molecular complexity index is 301. The molecule has 0 unspecified atom stereocenters. The van der Waals surface area contributed by atoms with Gasteiger partial charge in [-0.3, -0.25) is 0 Å². The lowest BCUT2D eigenvalue weighted by molar-refractivity contribution is 0.0161. The van der Waals surface area contributed by atoms with Gasteiger partial charge in [-0.25, -0.2) is 0 Å². The Hall–Kier alpha value is -0.860. The van der Waals surface area contributed by atoms with Crippen LogP contribution >= 0.6 is 0 Å². The largest absolute Gasteiger partial charge is 0.374 e. The molecule has 0 N–H and O–H groups in total. The first-order valence-corrected chi connectivity index (χ1v) is 5.55. The summed E-state index contributed by atoms with van der Waals surface area (Å²) < 4.78 is 10.9. The molecule has 0 radical (unpaired) electrons. The van der Waals surface area contributed by atoms with Gasteiger partial charge in [-0.1, -0.05) is 24.3 Å². The highest BCUT2D eigenvalue weighted by atomic mass is 16.5. The molecule has 0 fully saturated rings. The summed E-state index contributed by atoms with van der Waals surface area (Å²) in [7, 11) is 3.46. The molecular weight excluding hydrogens is 200 g/mol. The van der Waals surface area contributed by atoms with Crippen LogP contribution in [0.5, 0.6) is 0 Å². The molecule has 16 heavy (non-hydrogen) atoms. The molecule has 0 saturated heterocycles. The molecule has 0 spiro atoms. The van der Waals surface area contributed by atoms with Gasteiger partial charge in [0, 0.05) is 14.2 Å². The van der Waals surface area contributed by atoms with Crippen LogP contribution in [0.4, 0.5) is 0 Å². The van der Waals surface area contributed by atoms with Crippen LogP contribution in [-0.2, 0) is 20.7 Å². The standard InChI is InChI=1S/C14H22O2/c1-13(2,15-5)11-7-9-12(10-8-11)14(3,4)16-6/h7-10H,1-6H3. The van der Waals surface area contributed by atoms with Crippen molar-refractivity contribution in [2.24, 2.45) is 0 Å². The summed E-state index contributed by atoms with van der Waals surface area (Å²) in [6, 6.07) is 8.39. The molecule has 0 aliphatic carbocycles. The minimum atomic E-state index is -0.240. The second-order valence-electron chi connectivity index (χ2n) is 5.01. The first kappa shape index (κ1) is 13.2. The molecular formula is C14H22O2. The molecule has 2 heteroatoms. The second kappa shape index (κ2) is 4.56. The fourth-order valence-corrected chi connectivity index (χ4v) is 1.51. The van der Waals surface area contributed by atoms with Crippen LogP contribution < -0.4 is 0 Å². The van der Waals surface area contributed by atoms with Gasteiger partial charge in [-0.15, -0.1) is 0 Å². The Morgan fingerprint density at radius 3 is 1.12 bits per heavy atom. The normalized spacial score (nSPS) is 12.9. The molecule has 0 aliphatic heterocycles. The van der Waals surface area contributed by atoms with Crippen molar-refractivity contribution < 1.29 is 9.47 Å². The van der Waals surface area contributed by atoms with Crippen molar-refractivity contribution >= 4 is 0 Å². The van der Waals surface area contributed by atoms with Crippen molar-refractivity contribution in [1.82, 2.24) is 0 Å². The van der Waals surface area contributed by atoms with Crippen LogP contribution in [0, 0.1) is 0 Å². The molecule has 0 atom stereocenters. The Balaban J connectivity index is 3.00. The van der Waals surface area contributed by atoms with Gasteiger partial charge in [-0.05, 0) is 38.8 Å². The first-order chi connectivity index (χ1) is 7.33. The van der Waals surface area contributed by atoms with E-state index in [4.69, 9.17) is 9.47 Å². The maximum atomic E-state index is 5.44. The van der Waals surface area contributed by atoms with Crippen LogP contribution in [0.2, 0.25) is 0 Å². The van der Waals surface area contributed by atoms with Crippen LogP contribution in [0.3, 0.4) is 0 Å². The third-order valence-corrected chi connectivity index (χ3v) is 3.30. The molecule has 1 rings (SSSR count). The monoisotopic (exact) mass is 222 g/mol. The van der Waals surface area contributed by atoms with Gasteiger partial charge in [0.15, 0.2) is 0 Å². The zero-order valence-electron chi connectivity index (χ0n) is 11.1. The summed E-state index contributed by atoms with van der Waals surface area (Å²) in [5.41, 5.74) is 1.86. The summed E-state index contributed by atoms with van der Waals surface area (Å²) in [4.78, 5) is 0. The fourth-order valence-electron chi connectivity index (χ4n) is 1.51. The van der Waals surface area contributed by atoms with Gasteiger partial charge in [0.25, 0.3) is 0 Å². The quantitative estimate of drug-likeness (QED) is 0.777. The average molecular weight is 222 g/mol. The molecule has 0 bridgehead atoms. The highest BCUT2D eigenvalue weighted by Crippen LogP contribution is 2.28. The lowest BCUT2D eigenvalue weighted by Gasteiger charge is -2.27. The topological polar surface area (TPSA) is 18.5 Å². The van der Waals surface area contributed by atoms with E-state index in [9.17, 15) is 0 Å². The zero-order valence-corrected chi connectivity index (χ0v) is 11.1. The number of hydrogen-bond acceptors (Lipinski definition) is 2. The first-order valence-electron chi connectivity index (χ1n) is 5.55. The number of benzene rings is 1. The van der Waals surface area contributed by atoms with E-state index in [2.05, 4.69) is 52.0 Å². The van der Waals surface area contributed by atoms with E-state index in [1.165, 1.54) is 11.1 Å². The van der Waals surface area contributed by atoms with Crippen molar-refractivity contribution in [2.75, 3.05) is 14.2 Å². The van der Waals surface area contributed by atoms with Crippen molar-refractivity contribution in [1.29, 1.82) is 0 Å². The van der Waals surface area contributed by atoms with Gasteiger partial charge in [-0.2, -0.15) is 0 Å². The smallest absolute Gasteiger partial charge is 0.0871 e. The number of rotatable bonds is 4. The van der Waals surface area contributed by atoms with E-state index in [1.54, 1.807) is 14.2 Å². The van der Waals surface area contributed by atoms with Crippen molar-refractivity contribution in [3.05, 3.63) is 35.4 Å². The van der Waals surface area contributed by atoms with E-state index in [1.807, 2.05) is 0 Å². The minimum Gasteiger partial charge on any atom is -0.374 e. The Labute approximate surface area is 98.6 Å². The molecule has 1 aromatic rings. The predicted octanol–water partition coefficient (Wildman–Crippen LogP) is 3.45. The maximum Gasteiger partial charge on any atom is 0.0871 e. The summed E-state index contributed by atoms with van der Waals surface area (Å²) in [5.74, 6) is 0. The third-order valence-electron chi connectivity index (χ3n) is 3.30. The average Bonchev–Trinajstić information content (AvgIpc) is 2.29. The van der Waals surface area contributed by atoms with Gasteiger partial charge in [0.1, 0.15) is 0 Å². The molecule has 0 aromatic heterocycles. The SMILES string of the molecule is COC(C)(C)c1ccc(C(C)(C)OC)cc1. The fraction of sp³-hybridized carbons (Fsp3) is 0.571. The van der Waals surface area contributed by atoms with Gasteiger partial charge >= 0.3 is 0 Å². The second-order valence-corrected chi connectivity index (χ2v) is 5.01. The highest BCUT2D eigenvalue weighted by Gasteiger charge is 2.22. The number of methoxy groups -OCH3 is 2. The lowest BCUT2D eigenvalue weighted by atomic mass is 9.92. The lowest BCUT2D eigenvalue weighted by Crippen LogP contribution is -2.22. The van der Waals surface area contributed by atoms with Crippen molar-refractivity contribution in [3.8, 4) is 0 Å². The molecule has 90 valence electrons. The predicted molar refractivity (Wildman–Crippen MR) is 66.5 cm³/mol. The highest BCUT2D eigenvalue weighted by molar-refractivity contribution is 5.29. The van der Waals surface area contributed by atoms with E-state index in [-0.39, 0.29) is 11.2 Å². The zero-order chi connectivity index (χ0) is 12.4. The molecule has 0 aliphatic rings. The summed E-state index contributed by atoms with van der Waals surface area (Å²) in [6.07, 6.45) is 0. The van der Waals surface area contributed by atoms with Crippen molar-refractivity contribution in [3.63, 3.8) is 0 Å². The van der Waals surface area contributed by atoms with Gasteiger partial charge in [0.05, 0.1) is 11.2 Å². The van der Waals surface area contributed by atoms with E-state index >= 15 is 0 Å². The van der Waals surface area contributed by atoms with E-state index in [0.717, 1.165) is 0 Å². The summed E-state index contributed by atoms with van der Waals surface area (Å²) >= 11 is 0. The van der Waals surface area contributed by atoms with Crippen LogP contribution in [-0.4, -0.2) is 14.2 Å². The molecule has 1 aromatic carbocycles. The third kappa shape index (κ3) is 2.63. The van der Waals surface area contributed by atoms with Crippen molar-refractivity contribution in [2.45, 2.75) is 38.9 Å². The number of hydrogen-bond donors (Lipinski definition) is 0. The van der Waals surface area contributed by atoms with Gasteiger partial charge < -0.3 is 9.47 Å². The molecule has 0 amide bonds. The number of ether oxygens (including phenoxy) is 2.